The van der Waals surface area contributed by atoms with Crippen molar-refractivity contribution in [1.29, 1.82) is 0 Å². The lowest BCUT2D eigenvalue weighted by atomic mass is 9.97. The fourth-order valence-electron chi connectivity index (χ4n) is 1.86. The Balaban J connectivity index is 2.55. The molecule has 14 heavy (non-hydrogen) atoms. The molecule has 76 valence electrons. The van der Waals surface area contributed by atoms with Gasteiger partial charge in [-0.3, -0.25) is 0 Å². The Labute approximate surface area is 82.1 Å². The van der Waals surface area contributed by atoms with Crippen LogP contribution < -0.4 is 5.32 Å². The lowest BCUT2D eigenvalue weighted by Gasteiger charge is -2.25. The van der Waals surface area contributed by atoms with E-state index in [0.717, 1.165) is 18.4 Å². The first kappa shape index (κ1) is 9.44. The summed E-state index contributed by atoms with van der Waals surface area (Å²) in [4.78, 5) is 0. The van der Waals surface area contributed by atoms with Crippen LogP contribution in [0.2, 0.25) is 0 Å². The number of rotatable bonds is 0. The van der Waals surface area contributed by atoms with Gasteiger partial charge in [0.1, 0.15) is 0 Å². The van der Waals surface area contributed by atoms with E-state index in [9.17, 15) is 8.78 Å². The first-order valence-corrected chi connectivity index (χ1v) is 4.83. The molecule has 1 aliphatic rings. The second kappa shape index (κ2) is 3.23. The Hall–Kier alpha value is -1.12. The van der Waals surface area contributed by atoms with Crippen LogP contribution >= 0.6 is 0 Å². The summed E-state index contributed by atoms with van der Waals surface area (Å²) in [5, 5.41) is 2.98. The van der Waals surface area contributed by atoms with Crippen LogP contribution in [0, 0.1) is 18.6 Å². The summed E-state index contributed by atoms with van der Waals surface area (Å²) in [7, 11) is 0. The zero-order valence-corrected chi connectivity index (χ0v) is 8.32. The van der Waals surface area contributed by atoms with Crippen LogP contribution in [0.15, 0.2) is 6.07 Å². The fourth-order valence-corrected chi connectivity index (χ4v) is 1.86. The lowest BCUT2D eigenvalue weighted by molar-refractivity contribution is 0.498. The number of aryl methyl sites for hydroxylation is 2. The molecule has 3 heteroatoms. The van der Waals surface area contributed by atoms with Crippen molar-refractivity contribution < 1.29 is 8.78 Å². The van der Waals surface area contributed by atoms with Crippen LogP contribution in [0.3, 0.4) is 0 Å². The number of halogens is 2. The molecular formula is C11H13F2N. The summed E-state index contributed by atoms with van der Waals surface area (Å²) < 4.78 is 26.7. The van der Waals surface area contributed by atoms with Crippen molar-refractivity contribution >= 4 is 5.69 Å². The number of nitrogens with one attached hydrogen (secondary N) is 1. The third-order valence-corrected chi connectivity index (χ3v) is 2.71. The molecule has 1 aromatic rings. The van der Waals surface area contributed by atoms with Crippen molar-refractivity contribution in [2.75, 3.05) is 5.32 Å². The predicted octanol–water partition coefficient (Wildman–Crippen LogP) is 3.02. The van der Waals surface area contributed by atoms with Gasteiger partial charge >= 0.3 is 0 Å². The zero-order valence-electron chi connectivity index (χ0n) is 8.32. The molecular weight excluding hydrogens is 184 g/mol. The Morgan fingerprint density at radius 2 is 2.07 bits per heavy atom. The maximum absolute atomic E-state index is 13.5. The van der Waals surface area contributed by atoms with Gasteiger partial charge in [-0.15, -0.1) is 0 Å². The highest BCUT2D eigenvalue weighted by atomic mass is 19.2. The summed E-state index contributed by atoms with van der Waals surface area (Å²) in [5.74, 6) is -1.46. The summed E-state index contributed by atoms with van der Waals surface area (Å²) in [6.07, 6.45) is 1.79. The minimum atomic E-state index is -0.731. The van der Waals surface area contributed by atoms with E-state index >= 15 is 0 Å². The van der Waals surface area contributed by atoms with Crippen molar-refractivity contribution in [3.05, 3.63) is 28.8 Å². The quantitative estimate of drug-likeness (QED) is 0.674. The molecule has 1 nitrogen and oxygen atoms in total. The summed E-state index contributed by atoms with van der Waals surface area (Å²) in [6, 6.07) is 1.95. The molecule has 0 radical (unpaired) electrons. The van der Waals surface area contributed by atoms with Crippen LogP contribution in [0.4, 0.5) is 14.5 Å². The molecule has 0 saturated carbocycles. The zero-order chi connectivity index (χ0) is 10.3. The Morgan fingerprint density at radius 3 is 2.79 bits per heavy atom. The van der Waals surface area contributed by atoms with Gasteiger partial charge in [-0.05, 0) is 37.8 Å². The molecule has 1 unspecified atom stereocenters. The van der Waals surface area contributed by atoms with Crippen LogP contribution in [0.25, 0.3) is 0 Å². The molecule has 1 heterocycles. The third-order valence-electron chi connectivity index (χ3n) is 2.71. The van der Waals surface area contributed by atoms with E-state index in [4.69, 9.17) is 0 Å². The normalized spacial score (nSPS) is 20.1. The Bertz CT molecular complexity index is 374. The third kappa shape index (κ3) is 1.37. The van der Waals surface area contributed by atoms with E-state index in [1.807, 2.05) is 6.92 Å². The van der Waals surface area contributed by atoms with Gasteiger partial charge < -0.3 is 5.32 Å². The SMILES string of the molecule is Cc1cc2c(c(F)c1F)NC(C)CC2. The second-order valence-corrected chi connectivity index (χ2v) is 3.94. The van der Waals surface area contributed by atoms with Crippen molar-refractivity contribution in [3.8, 4) is 0 Å². The first-order valence-electron chi connectivity index (χ1n) is 4.83. The van der Waals surface area contributed by atoms with Gasteiger partial charge in [0, 0.05) is 6.04 Å². The second-order valence-electron chi connectivity index (χ2n) is 3.94. The van der Waals surface area contributed by atoms with Crippen LogP contribution in [0.1, 0.15) is 24.5 Å². The number of hydrogen-bond donors (Lipinski definition) is 1. The average Bonchev–Trinajstić information content (AvgIpc) is 2.16. The monoisotopic (exact) mass is 197 g/mol. The minimum Gasteiger partial charge on any atom is -0.380 e. The summed E-state index contributed by atoms with van der Waals surface area (Å²) in [5.41, 5.74) is 1.63. The van der Waals surface area contributed by atoms with Crippen LogP contribution in [-0.2, 0) is 6.42 Å². The first-order chi connectivity index (χ1) is 6.59. The number of anilines is 1. The highest BCUT2D eigenvalue weighted by molar-refractivity contribution is 5.56. The van der Waals surface area contributed by atoms with Crippen molar-refractivity contribution in [2.45, 2.75) is 32.7 Å². The fraction of sp³-hybridized carbons (Fsp3) is 0.455. The van der Waals surface area contributed by atoms with E-state index in [1.165, 1.54) is 0 Å². The molecule has 0 aromatic heterocycles. The standard InChI is InChI=1S/C11H13F2N/c1-6-5-8-4-3-7(2)14-11(8)10(13)9(6)12/h5,7,14H,3-4H2,1-2H3. The molecule has 0 bridgehead atoms. The van der Waals surface area contributed by atoms with E-state index in [0.29, 0.717) is 11.3 Å². The van der Waals surface area contributed by atoms with Gasteiger partial charge in [0.05, 0.1) is 5.69 Å². The van der Waals surface area contributed by atoms with Gasteiger partial charge in [-0.2, -0.15) is 0 Å². The topological polar surface area (TPSA) is 12.0 Å². The van der Waals surface area contributed by atoms with Gasteiger partial charge in [0.2, 0.25) is 0 Å². The van der Waals surface area contributed by atoms with Gasteiger partial charge in [-0.1, -0.05) is 6.07 Å². The molecule has 0 saturated heterocycles. The van der Waals surface area contributed by atoms with Crippen LogP contribution in [0.5, 0.6) is 0 Å². The molecule has 0 aliphatic carbocycles. The Morgan fingerprint density at radius 1 is 1.36 bits per heavy atom. The molecule has 0 fully saturated rings. The van der Waals surface area contributed by atoms with E-state index in [2.05, 4.69) is 5.32 Å². The van der Waals surface area contributed by atoms with Crippen LogP contribution in [-0.4, -0.2) is 6.04 Å². The Kier molecular flexibility index (Phi) is 2.17. The van der Waals surface area contributed by atoms with E-state index < -0.39 is 11.6 Å². The minimum absolute atomic E-state index is 0.221. The molecule has 1 aliphatic heterocycles. The van der Waals surface area contributed by atoms with Crippen molar-refractivity contribution in [2.24, 2.45) is 0 Å². The molecule has 0 spiro atoms. The van der Waals surface area contributed by atoms with Crippen molar-refractivity contribution in [3.63, 3.8) is 0 Å². The molecule has 1 atom stereocenters. The number of hydrogen-bond acceptors (Lipinski definition) is 1. The molecule has 1 N–H and O–H groups in total. The molecule has 2 rings (SSSR count). The maximum Gasteiger partial charge on any atom is 0.182 e. The highest BCUT2D eigenvalue weighted by Gasteiger charge is 2.21. The molecule has 1 aromatic carbocycles. The smallest absolute Gasteiger partial charge is 0.182 e. The summed E-state index contributed by atoms with van der Waals surface area (Å²) >= 11 is 0. The van der Waals surface area contributed by atoms with E-state index in [1.54, 1.807) is 13.0 Å². The van der Waals surface area contributed by atoms with Gasteiger partial charge in [0.25, 0.3) is 0 Å². The average molecular weight is 197 g/mol. The maximum atomic E-state index is 13.5. The molecule has 0 amide bonds. The summed E-state index contributed by atoms with van der Waals surface area (Å²) in [6.45, 7) is 3.57. The van der Waals surface area contributed by atoms with Gasteiger partial charge in [-0.25, -0.2) is 8.78 Å². The highest BCUT2D eigenvalue weighted by Crippen LogP contribution is 2.30. The lowest BCUT2D eigenvalue weighted by Crippen LogP contribution is -2.23. The predicted molar refractivity (Wildman–Crippen MR) is 52.5 cm³/mol. The largest absolute Gasteiger partial charge is 0.380 e. The van der Waals surface area contributed by atoms with E-state index in [-0.39, 0.29) is 6.04 Å². The number of benzene rings is 1. The van der Waals surface area contributed by atoms with Gasteiger partial charge in [0.15, 0.2) is 11.6 Å². The van der Waals surface area contributed by atoms with Crippen molar-refractivity contribution in [1.82, 2.24) is 0 Å². The number of fused-ring (bicyclic) bond motifs is 1.